The Balaban J connectivity index is 1.37. The predicted octanol–water partition coefficient (Wildman–Crippen LogP) is 2.73. The molecule has 11 heteroatoms. The molecule has 3 heterocycles. The third-order valence-corrected chi connectivity index (χ3v) is 7.95. The van der Waals surface area contributed by atoms with Crippen LogP contribution >= 0.6 is 0 Å². The number of urea groups is 1. The SMILES string of the molecule is COc1cccc(-c2ccc3nc(NC(=O)NC4CCN(S(=O)(=O)C(C)C)CC4)cn3n2)c1. The lowest BCUT2D eigenvalue weighted by Crippen LogP contribution is -2.48. The van der Waals surface area contributed by atoms with Crippen molar-refractivity contribution in [1.29, 1.82) is 0 Å². The molecule has 2 amide bonds. The molecule has 2 N–H and O–H groups in total. The predicted molar refractivity (Wildman–Crippen MR) is 126 cm³/mol. The number of nitrogens with one attached hydrogen (secondary N) is 2. The van der Waals surface area contributed by atoms with E-state index in [1.807, 2.05) is 36.4 Å². The Morgan fingerprint density at radius 1 is 1.18 bits per heavy atom. The molecule has 0 radical (unpaired) electrons. The number of sulfonamides is 1. The number of rotatable bonds is 6. The van der Waals surface area contributed by atoms with Gasteiger partial charge in [0.25, 0.3) is 0 Å². The number of methoxy groups -OCH3 is 1. The van der Waals surface area contributed by atoms with E-state index in [2.05, 4.69) is 20.7 Å². The summed E-state index contributed by atoms with van der Waals surface area (Å²) in [6, 6.07) is 10.8. The number of aromatic nitrogens is 3. The van der Waals surface area contributed by atoms with Crippen LogP contribution in [0.15, 0.2) is 42.6 Å². The van der Waals surface area contributed by atoms with Crippen LogP contribution in [0.25, 0.3) is 16.9 Å². The van der Waals surface area contributed by atoms with E-state index in [0.29, 0.717) is 37.4 Å². The van der Waals surface area contributed by atoms with Crippen molar-refractivity contribution in [3.63, 3.8) is 0 Å². The summed E-state index contributed by atoms with van der Waals surface area (Å²) in [4.78, 5) is 16.9. The van der Waals surface area contributed by atoms with Crippen molar-refractivity contribution in [2.24, 2.45) is 0 Å². The number of hydrogen-bond acceptors (Lipinski definition) is 6. The largest absolute Gasteiger partial charge is 0.497 e. The Kier molecular flexibility index (Phi) is 6.52. The molecule has 1 aliphatic heterocycles. The maximum Gasteiger partial charge on any atom is 0.320 e. The average Bonchev–Trinajstić information content (AvgIpc) is 3.20. The Morgan fingerprint density at radius 3 is 2.64 bits per heavy atom. The Labute approximate surface area is 193 Å². The number of carbonyl (C=O) groups is 1. The van der Waals surface area contributed by atoms with Gasteiger partial charge in [-0.2, -0.15) is 5.10 Å². The number of benzene rings is 1. The van der Waals surface area contributed by atoms with Crippen molar-refractivity contribution in [3.05, 3.63) is 42.6 Å². The summed E-state index contributed by atoms with van der Waals surface area (Å²) in [7, 11) is -1.65. The van der Waals surface area contributed by atoms with E-state index in [-0.39, 0.29) is 12.1 Å². The molecule has 2 aromatic heterocycles. The standard InChI is InChI=1S/C22H28N6O4S/c1-15(2)33(30,31)27-11-9-17(10-12-27)23-22(29)25-20-14-28-21(24-20)8-7-19(26-28)16-5-4-6-18(13-16)32-3/h4-8,13-15,17H,9-12H2,1-3H3,(H2,23,25,29). The molecule has 4 rings (SSSR count). The van der Waals surface area contributed by atoms with Crippen LogP contribution in [0.2, 0.25) is 0 Å². The second-order valence-corrected chi connectivity index (χ2v) is 10.7. The highest BCUT2D eigenvalue weighted by Gasteiger charge is 2.30. The van der Waals surface area contributed by atoms with Crippen molar-refractivity contribution in [3.8, 4) is 17.0 Å². The second kappa shape index (κ2) is 9.36. The van der Waals surface area contributed by atoms with Gasteiger partial charge >= 0.3 is 6.03 Å². The van der Waals surface area contributed by atoms with E-state index < -0.39 is 15.3 Å². The molecule has 0 spiro atoms. The van der Waals surface area contributed by atoms with Crippen LogP contribution in [-0.2, 0) is 10.0 Å². The minimum absolute atomic E-state index is 0.0987. The third-order valence-electron chi connectivity index (χ3n) is 5.67. The fraction of sp³-hybridized carbons (Fsp3) is 0.409. The Bertz CT molecular complexity index is 1250. The molecule has 1 saturated heterocycles. The van der Waals surface area contributed by atoms with Gasteiger partial charge in [0.1, 0.15) is 5.75 Å². The van der Waals surface area contributed by atoms with Crippen LogP contribution in [0.3, 0.4) is 0 Å². The smallest absolute Gasteiger partial charge is 0.320 e. The molecular formula is C22H28N6O4S. The zero-order valence-electron chi connectivity index (χ0n) is 18.9. The highest BCUT2D eigenvalue weighted by Crippen LogP contribution is 2.23. The van der Waals surface area contributed by atoms with Crippen LogP contribution in [0, 0.1) is 0 Å². The van der Waals surface area contributed by atoms with Crippen molar-refractivity contribution >= 4 is 27.5 Å². The fourth-order valence-corrected chi connectivity index (χ4v) is 5.09. The molecule has 0 atom stereocenters. The molecular weight excluding hydrogens is 444 g/mol. The lowest BCUT2D eigenvalue weighted by Gasteiger charge is -2.32. The van der Waals surface area contributed by atoms with E-state index in [1.165, 1.54) is 4.31 Å². The molecule has 0 aliphatic carbocycles. The first-order valence-electron chi connectivity index (χ1n) is 10.8. The summed E-state index contributed by atoms with van der Waals surface area (Å²) in [5, 5.41) is 9.78. The number of piperidine rings is 1. The van der Waals surface area contributed by atoms with Crippen molar-refractivity contribution < 1.29 is 17.9 Å². The van der Waals surface area contributed by atoms with Crippen molar-refractivity contribution in [2.75, 3.05) is 25.5 Å². The van der Waals surface area contributed by atoms with Gasteiger partial charge in [0.2, 0.25) is 10.0 Å². The summed E-state index contributed by atoms with van der Waals surface area (Å²) < 4.78 is 33.0. The minimum atomic E-state index is -3.26. The van der Waals surface area contributed by atoms with Gasteiger partial charge in [-0.1, -0.05) is 12.1 Å². The van der Waals surface area contributed by atoms with Gasteiger partial charge in [-0.15, -0.1) is 0 Å². The molecule has 0 saturated carbocycles. The zero-order valence-corrected chi connectivity index (χ0v) is 19.7. The monoisotopic (exact) mass is 472 g/mol. The van der Waals surface area contributed by atoms with E-state index in [4.69, 9.17) is 4.74 Å². The maximum atomic E-state index is 12.5. The molecule has 0 bridgehead atoms. The van der Waals surface area contributed by atoms with Crippen molar-refractivity contribution in [1.82, 2.24) is 24.2 Å². The minimum Gasteiger partial charge on any atom is -0.497 e. The quantitative estimate of drug-likeness (QED) is 0.570. The van der Waals surface area contributed by atoms with Gasteiger partial charge in [0.15, 0.2) is 11.5 Å². The third kappa shape index (κ3) is 5.09. The van der Waals surface area contributed by atoms with E-state index in [9.17, 15) is 13.2 Å². The fourth-order valence-electron chi connectivity index (χ4n) is 3.77. The normalized spacial score (nSPS) is 15.6. The lowest BCUT2D eigenvalue weighted by atomic mass is 10.1. The van der Waals surface area contributed by atoms with Crippen molar-refractivity contribution in [2.45, 2.75) is 38.0 Å². The lowest BCUT2D eigenvalue weighted by molar-refractivity contribution is 0.238. The molecule has 10 nitrogen and oxygen atoms in total. The summed E-state index contributed by atoms with van der Waals surface area (Å²) >= 11 is 0. The zero-order chi connectivity index (χ0) is 23.6. The van der Waals surface area contributed by atoms with Gasteiger partial charge in [-0.05, 0) is 51.0 Å². The van der Waals surface area contributed by atoms with Gasteiger partial charge in [-0.25, -0.2) is 27.0 Å². The first-order chi connectivity index (χ1) is 15.8. The van der Waals surface area contributed by atoms with Crippen LogP contribution in [0.4, 0.5) is 10.6 Å². The summed E-state index contributed by atoms with van der Waals surface area (Å²) in [5.41, 5.74) is 2.25. The van der Waals surface area contributed by atoms with Crippen LogP contribution in [0.1, 0.15) is 26.7 Å². The highest BCUT2D eigenvalue weighted by molar-refractivity contribution is 7.89. The number of nitrogens with zero attached hydrogens (tertiary/aromatic N) is 4. The van der Waals surface area contributed by atoms with Crippen LogP contribution in [0.5, 0.6) is 5.75 Å². The molecule has 1 aliphatic rings. The van der Waals surface area contributed by atoms with Crippen LogP contribution < -0.4 is 15.4 Å². The number of fused-ring (bicyclic) bond motifs is 1. The van der Waals surface area contributed by atoms with Gasteiger partial charge in [0.05, 0.1) is 24.3 Å². The van der Waals surface area contributed by atoms with Gasteiger partial charge in [0, 0.05) is 24.7 Å². The summed E-state index contributed by atoms with van der Waals surface area (Å²) in [6.07, 6.45) is 2.78. The number of imidazole rings is 1. The van der Waals surface area contributed by atoms with Gasteiger partial charge < -0.3 is 10.1 Å². The van der Waals surface area contributed by atoms with E-state index >= 15 is 0 Å². The van der Waals surface area contributed by atoms with E-state index in [1.54, 1.807) is 31.7 Å². The van der Waals surface area contributed by atoms with Gasteiger partial charge in [-0.3, -0.25) is 5.32 Å². The Hall–Kier alpha value is -3.18. The topological polar surface area (TPSA) is 118 Å². The van der Waals surface area contributed by atoms with Crippen LogP contribution in [-0.4, -0.2) is 64.8 Å². The first-order valence-corrected chi connectivity index (χ1v) is 12.3. The maximum absolute atomic E-state index is 12.5. The number of amides is 2. The molecule has 176 valence electrons. The highest BCUT2D eigenvalue weighted by atomic mass is 32.2. The first kappa shape index (κ1) is 23.0. The second-order valence-electron chi connectivity index (χ2n) is 8.24. The molecule has 1 fully saturated rings. The summed E-state index contributed by atoms with van der Waals surface area (Å²) in [6.45, 7) is 4.15. The molecule has 3 aromatic rings. The average molecular weight is 473 g/mol. The Morgan fingerprint density at radius 2 is 1.94 bits per heavy atom. The number of hydrogen-bond donors (Lipinski definition) is 2. The molecule has 0 unspecified atom stereocenters. The number of ether oxygens (including phenoxy) is 1. The number of anilines is 1. The summed E-state index contributed by atoms with van der Waals surface area (Å²) in [5.74, 6) is 1.12. The van der Waals surface area contributed by atoms with E-state index in [0.717, 1.165) is 17.0 Å². The molecule has 33 heavy (non-hydrogen) atoms. The molecule has 1 aromatic carbocycles. The number of carbonyl (C=O) groups excluding carboxylic acids is 1.